The third-order valence-corrected chi connectivity index (χ3v) is 3.83. The molecule has 5 nitrogen and oxygen atoms in total. The maximum atomic E-state index is 4.74. The molecule has 0 radical (unpaired) electrons. The van der Waals surface area contributed by atoms with E-state index in [0.29, 0.717) is 6.54 Å². The van der Waals surface area contributed by atoms with Gasteiger partial charge >= 0.3 is 0 Å². The van der Waals surface area contributed by atoms with Crippen LogP contribution < -0.4 is 5.32 Å². The highest BCUT2D eigenvalue weighted by Gasteiger charge is 2.05. The predicted octanol–water partition coefficient (Wildman–Crippen LogP) is 3.13. The minimum absolute atomic E-state index is 0.646. The van der Waals surface area contributed by atoms with Gasteiger partial charge < -0.3 is 10.2 Å². The molecule has 2 aromatic rings. The van der Waals surface area contributed by atoms with Gasteiger partial charge in [0.05, 0.1) is 19.3 Å². The smallest absolute Gasteiger partial charge is 0.193 e. The van der Waals surface area contributed by atoms with E-state index in [4.69, 9.17) is 4.99 Å². The van der Waals surface area contributed by atoms with Gasteiger partial charge in [0.15, 0.2) is 5.96 Å². The lowest BCUT2D eigenvalue weighted by Crippen LogP contribution is -2.39. The molecular formula is C19H29N5. The van der Waals surface area contributed by atoms with Crippen molar-refractivity contribution in [3.05, 3.63) is 53.9 Å². The van der Waals surface area contributed by atoms with Crippen LogP contribution in [-0.4, -0.2) is 40.8 Å². The van der Waals surface area contributed by atoms with E-state index in [2.05, 4.69) is 66.7 Å². The Morgan fingerprint density at radius 2 is 2.00 bits per heavy atom. The Labute approximate surface area is 145 Å². The Morgan fingerprint density at radius 1 is 1.21 bits per heavy atom. The first-order valence-electron chi connectivity index (χ1n) is 8.77. The topological polar surface area (TPSA) is 45.5 Å². The van der Waals surface area contributed by atoms with Gasteiger partial charge in [-0.05, 0) is 18.9 Å². The van der Waals surface area contributed by atoms with Crippen LogP contribution in [0.1, 0.15) is 37.8 Å². The summed E-state index contributed by atoms with van der Waals surface area (Å²) in [6, 6.07) is 10.4. The summed E-state index contributed by atoms with van der Waals surface area (Å²) >= 11 is 0. The lowest BCUT2D eigenvalue weighted by atomic mass is 10.2. The summed E-state index contributed by atoms with van der Waals surface area (Å²) in [5.41, 5.74) is 2.38. The molecule has 0 fully saturated rings. The zero-order valence-electron chi connectivity index (χ0n) is 15.1. The molecule has 0 atom stereocenters. The van der Waals surface area contributed by atoms with Crippen molar-refractivity contribution in [3.63, 3.8) is 0 Å². The van der Waals surface area contributed by atoms with Crippen LogP contribution in [0, 0.1) is 0 Å². The molecule has 24 heavy (non-hydrogen) atoms. The summed E-state index contributed by atoms with van der Waals surface area (Å²) in [6.07, 6.45) is 6.35. The monoisotopic (exact) mass is 327 g/mol. The minimum Gasteiger partial charge on any atom is -0.357 e. The fourth-order valence-electron chi connectivity index (χ4n) is 2.48. The number of hydrogen-bond acceptors (Lipinski definition) is 2. The third kappa shape index (κ3) is 5.72. The zero-order valence-corrected chi connectivity index (χ0v) is 15.1. The third-order valence-electron chi connectivity index (χ3n) is 3.83. The van der Waals surface area contributed by atoms with E-state index in [0.717, 1.165) is 31.2 Å². The largest absolute Gasteiger partial charge is 0.357 e. The standard InChI is InChI=1S/C19H29N5/c1-4-6-12-23(3)19(20-5-2)21-13-18-14-22-24(16-18)15-17-10-8-7-9-11-17/h7-11,14,16H,4-6,12-13,15H2,1-3H3,(H,20,21). The van der Waals surface area contributed by atoms with Gasteiger partial charge in [-0.25, -0.2) is 4.99 Å². The van der Waals surface area contributed by atoms with E-state index in [1.54, 1.807) is 0 Å². The van der Waals surface area contributed by atoms with Crippen molar-refractivity contribution in [2.75, 3.05) is 20.1 Å². The van der Waals surface area contributed by atoms with Gasteiger partial charge in [-0.1, -0.05) is 43.7 Å². The summed E-state index contributed by atoms with van der Waals surface area (Å²) in [5, 5.41) is 7.80. The van der Waals surface area contributed by atoms with Gasteiger partial charge in [0, 0.05) is 31.9 Å². The van der Waals surface area contributed by atoms with Crippen LogP contribution in [0.15, 0.2) is 47.7 Å². The fourth-order valence-corrected chi connectivity index (χ4v) is 2.48. The first kappa shape index (κ1) is 18.0. The van der Waals surface area contributed by atoms with Crippen molar-refractivity contribution in [2.24, 2.45) is 4.99 Å². The van der Waals surface area contributed by atoms with E-state index < -0.39 is 0 Å². The normalized spacial score (nSPS) is 11.5. The van der Waals surface area contributed by atoms with E-state index >= 15 is 0 Å². The lowest BCUT2D eigenvalue weighted by Gasteiger charge is -2.21. The summed E-state index contributed by atoms with van der Waals surface area (Å²) in [5.74, 6) is 0.960. The van der Waals surface area contributed by atoms with Gasteiger partial charge in [-0.2, -0.15) is 5.10 Å². The zero-order chi connectivity index (χ0) is 17.2. The van der Waals surface area contributed by atoms with E-state index in [1.807, 2.05) is 16.9 Å². The Kier molecular flexibility index (Phi) is 7.33. The molecule has 2 rings (SSSR count). The summed E-state index contributed by atoms with van der Waals surface area (Å²) < 4.78 is 1.97. The molecule has 0 aliphatic carbocycles. The molecule has 0 bridgehead atoms. The molecule has 5 heteroatoms. The van der Waals surface area contributed by atoms with Crippen LogP contribution in [0.5, 0.6) is 0 Å². The average Bonchev–Trinajstić information content (AvgIpc) is 3.04. The van der Waals surface area contributed by atoms with Gasteiger partial charge in [-0.3, -0.25) is 4.68 Å². The highest BCUT2D eigenvalue weighted by atomic mass is 15.3. The van der Waals surface area contributed by atoms with E-state index in [-0.39, 0.29) is 0 Å². The Bertz CT molecular complexity index is 618. The van der Waals surface area contributed by atoms with Gasteiger partial charge in [0.2, 0.25) is 0 Å². The van der Waals surface area contributed by atoms with E-state index in [1.165, 1.54) is 18.4 Å². The fraction of sp³-hybridized carbons (Fsp3) is 0.474. The first-order chi connectivity index (χ1) is 11.7. The quantitative estimate of drug-likeness (QED) is 0.598. The second kappa shape index (κ2) is 9.75. The van der Waals surface area contributed by atoms with E-state index in [9.17, 15) is 0 Å². The predicted molar refractivity (Wildman–Crippen MR) is 100 cm³/mol. The van der Waals surface area contributed by atoms with Gasteiger partial charge in [-0.15, -0.1) is 0 Å². The molecule has 0 saturated carbocycles. The number of aliphatic imine (C=N–C) groups is 1. The van der Waals surface area contributed by atoms with Crippen LogP contribution in [0.3, 0.4) is 0 Å². The summed E-state index contributed by atoms with van der Waals surface area (Å²) in [4.78, 5) is 6.93. The molecule has 0 aliphatic rings. The van der Waals surface area contributed by atoms with Gasteiger partial charge in [0.1, 0.15) is 0 Å². The number of benzene rings is 1. The number of unbranched alkanes of at least 4 members (excludes halogenated alkanes) is 1. The van der Waals surface area contributed by atoms with Crippen LogP contribution in [0.25, 0.3) is 0 Å². The number of guanidine groups is 1. The molecular weight excluding hydrogens is 298 g/mol. The van der Waals surface area contributed by atoms with Crippen molar-refractivity contribution in [1.29, 1.82) is 0 Å². The Balaban J connectivity index is 1.96. The molecule has 0 amide bonds. The van der Waals surface area contributed by atoms with Crippen LogP contribution in [-0.2, 0) is 13.1 Å². The van der Waals surface area contributed by atoms with Crippen LogP contribution >= 0.6 is 0 Å². The molecule has 0 saturated heterocycles. The first-order valence-corrected chi connectivity index (χ1v) is 8.77. The van der Waals surface area contributed by atoms with Crippen molar-refractivity contribution in [2.45, 2.75) is 39.8 Å². The van der Waals surface area contributed by atoms with Gasteiger partial charge in [0.25, 0.3) is 0 Å². The van der Waals surface area contributed by atoms with Crippen LogP contribution in [0.4, 0.5) is 0 Å². The number of aromatic nitrogens is 2. The number of hydrogen-bond donors (Lipinski definition) is 1. The minimum atomic E-state index is 0.646. The van der Waals surface area contributed by atoms with Crippen molar-refractivity contribution >= 4 is 5.96 Å². The molecule has 130 valence electrons. The molecule has 0 spiro atoms. The average molecular weight is 327 g/mol. The maximum Gasteiger partial charge on any atom is 0.193 e. The number of nitrogens with one attached hydrogen (secondary N) is 1. The van der Waals surface area contributed by atoms with Crippen LogP contribution in [0.2, 0.25) is 0 Å². The molecule has 1 heterocycles. The summed E-state index contributed by atoms with van der Waals surface area (Å²) in [7, 11) is 2.09. The van der Waals surface area contributed by atoms with Crippen molar-refractivity contribution in [3.8, 4) is 0 Å². The molecule has 1 N–H and O–H groups in total. The molecule has 1 aromatic carbocycles. The second-order valence-electron chi connectivity index (χ2n) is 5.98. The molecule has 0 unspecified atom stereocenters. The number of nitrogens with zero attached hydrogens (tertiary/aromatic N) is 4. The Morgan fingerprint density at radius 3 is 2.71 bits per heavy atom. The molecule has 1 aromatic heterocycles. The highest BCUT2D eigenvalue weighted by Crippen LogP contribution is 2.05. The summed E-state index contributed by atoms with van der Waals surface area (Å²) in [6.45, 7) is 7.65. The highest BCUT2D eigenvalue weighted by molar-refractivity contribution is 5.79. The van der Waals surface area contributed by atoms with Crippen molar-refractivity contribution < 1.29 is 0 Å². The molecule has 0 aliphatic heterocycles. The number of rotatable bonds is 8. The van der Waals surface area contributed by atoms with Crippen molar-refractivity contribution in [1.82, 2.24) is 20.0 Å². The lowest BCUT2D eigenvalue weighted by molar-refractivity contribution is 0.465. The Hall–Kier alpha value is -2.30. The second-order valence-corrected chi connectivity index (χ2v) is 5.98. The maximum absolute atomic E-state index is 4.74. The SMILES string of the molecule is CCCCN(C)C(=NCc1cnn(Cc2ccccc2)c1)NCC.